The summed E-state index contributed by atoms with van der Waals surface area (Å²) in [7, 11) is 0. The summed E-state index contributed by atoms with van der Waals surface area (Å²) in [4.78, 5) is 18.5. The largest absolute Gasteiger partial charge is 0.454 e. The average molecular weight is 411 g/mol. The number of benzene rings is 2. The van der Waals surface area contributed by atoms with E-state index in [-0.39, 0.29) is 6.03 Å². The van der Waals surface area contributed by atoms with Crippen LogP contribution in [-0.2, 0) is 13.0 Å². The third-order valence-electron chi connectivity index (χ3n) is 6.07. The zero-order valence-corrected chi connectivity index (χ0v) is 17.3. The van der Waals surface area contributed by atoms with Crippen molar-refractivity contribution in [3.05, 3.63) is 53.6 Å². The normalized spacial score (nSPS) is 19.0. The van der Waals surface area contributed by atoms with Crippen LogP contribution in [-0.4, -0.2) is 48.0 Å². The molecule has 0 aromatic heterocycles. The molecule has 1 saturated heterocycles. The molecule has 2 aromatic carbocycles. The Morgan fingerprint density at radius 1 is 1.00 bits per heavy atom. The lowest BCUT2D eigenvalue weighted by Crippen LogP contribution is -2.47. The van der Waals surface area contributed by atoms with Gasteiger partial charge in [0.15, 0.2) is 11.5 Å². The van der Waals surface area contributed by atoms with E-state index < -0.39 is 0 Å². The van der Waals surface area contributed by atoms with Crippen LogP contribution in [0.5, 0.6) is 11.5 Å². The highest BCUT2D eigenvalue weighted by atomic mass is 32.2. The number of nitrogens with zero attached hydrogens (tertiary/aromatic N) is 2. The molecular weight excluding hydrogens is 384 g/mol. The molecule has 3 heterocycles. The minimum absolute atomic E-state index is 0.198. The van der Waals surface area contributed by atoms with E-state index in [1.807, 2.05) is 22.7 Å². The Balaban J connectivity index is 1.17. The van der Waals surface area contributed by atoms with Gasteiger partial charge < -0.3 is 19.3 Å². The van der Waals surface area contributed by atoms with Gasteiger partial charge in [0, 0.05) is 36.8 Å². The number of hydrogen-bond acceptors (Lipinski definition) is 4. The van der Waals surface area contributed by atoms with Crippen molar-refractivity contribution in [2.24, 2.45) is 5.92 Å². The molecule has 3 aliphatic rings. The number of rotatable bonds is 2. The van der Waals surface area contributed by atoms with Gasteiger partial charge in [0.1, 0.15) is 0 Å². The molecule has 5 nitrogen and oxygen atoms in total. The fourth-order valence-electron chi connectivity index (χ4n) is 4.42. The molecule has 29 heavy (non-hydrogen) atoms. The van der Waals surface area contributed by atoms with Gasteiger partial charge in [-0.1, -0.05) is 24.3 Å². The Morgan fingerprint density at radius 3 is 2.72 bits per heavy atom. The molecule has 6 heteroatoms. The number of carbonyl (C=O) groups is 1. The van der Waals surface area contributed by atoms with Crippen molar-refractivity contribution in [2.45, 2.75) is 30.7 Å². The molecule has 2 aromatic rings. The lowest BCUT2D eigenvalue weighted by atomic mass is 9.90. The molecule has 5 rings (SSSR count). The van der Waals surface area contributed by atoms with Gasteiger partial charge in [-0.05, 0) is 54.5 Å². The van der Waals surface area contributed by atoms with Gasteiger partial charge in [-0.3, -0.25) is 0 Å². The van der Waals surface area contributed by atoms with E-state index in [1.54, 1.807) is 0 Å². The second-order valence-corrected chi connectivity index (χ2v) is 9.12. The van der Waals surface area contributed by atoms with E-state index in [0.29, 0.717) is 12.7 Å². The summed E-state index contributed by atoms with van der Waals surface area (Å²) in [5.41, 5.74) is 2.56. The first-order valence-corrected chi connectivity index (χ1v) is 11.4. The summed E-state index contributed by atoms with van der Waals surface area (Å²) >= 11 is 1.86. The molecule has 0 radical (unpaired) electrons. The second kappa shape index (κ2) is 8.19. The first-order chi connectivity index (χ1) is 14.3. The molecule has 0 spiro atoms. The number of amides is 2. The van der Waals surface area contributed by atoms with Crippen LogP contribution >= 0.6 is 11.8 Å². The van der Waals surface area contributed by atoms with E-state index in [9.17, 15) is 4.79 Å². The predicted molar refractivity (Wildman–Crippen MR) is 114 cm³/mol. The van der Waals surface area contributed by atoms with Crippen molar-refractivity contribution < 1.29 is 14.3 Å². The Hall–Kier alpha value is -2.34. The highest BCUT2D eigenvalue weighted by Gasteiger charge is 2.28. The molecule has 0 N–H and O–H groups in total. The molecule has 3 aliphatic heterocycles. The average Bonchev–Trinajstić information content (AvgIpc) is 3.11. The van der Waals surface area contributed by atoms with Crippen molar-refractivity contribution in [3.8, 4) is 11.5 Å². The maximum atomic E-state index is 13.1. The van der Waals surface area contributed by atoms with Crippen LogP contribution in [0.1, 0.15) is 24.0 Å². The van der Waals surface area contributed by atoms with Crippen LogP contribution in [0.3, 0.4) is 0 Å². The molecule has 0 bridgehead atoms. The van der Waals surface area contributed by atoms with Crippen molar-refractivity contribution in [1.82, 2.24) is 9.80 Å². The number of thioether (sulfide) groups is 1. The first-order valence-electron chi connectivity index (χ1n) is 10.4. The summed E-state index contributed by atoms with van der Waals surface area (Å²) < 4.78 is 10.9. The lowest BCUT2D eigenvalue weighted by molar-refractivity contribution is 0.132. The summed E-state index contributed by atoms with van der Waals surface area (Å²) in [6, 6.07) is 14.9. The van der Waals surface area contributed by atoms with Gasteiger partial charge >= 0.3 is 6.03 Å². The second-order valence-electron chi connectivity index (χ2n) is 7.98. The van der Waals surface area contributed by atoms with Gasteiger partial charge in [0.2, 0.25) is 6.79 Å². The molecule has 1 fully saturated rings. The van der Waals surface area contributed by atoms with Gasteiger partial charge in [-0.2, -0.15) is 0 Å². The SMILES string of the molecule is O=C(N1CCC(Cc2ccc3c(c2)OCO3)CC1)N1CCSc2ccccc2C1. The molecule has 152 valence electrons. The number of ether oxygens (including phenoxy) is 2. The van der Waals surface area contributed by atoms with Crippen LogP contribution in [0.25, 0.3) is 0 Å². The number of urea groups is 1. The molecule has 0 aliphatic carbocycles. The predicted octanol–water partition coefficient (Wildman–Crippen LogP) is 4.40. The smallest absolute Gasteiger partial charge is 0.320 e. The number of fused-ring (bicyclic) bond motifs is 2. The van der Waals surface area contributed by atoms with Crippen molar-refractivity contribution >= 4 is 17.8 Å². The Kier molecular flexibility index (Phi) is 5.27. The van der Waals surface area contributed by atoms with Crippen LogP contribution in [0.4, 0.5) is 4.79 Å². The maximum Gasteiger partial charge on any atom is 0.320 e. The Morgan fingerprint density at radius 2 is 1.83 bits per heavy atom. The third kappa shape index (κ3) is 4.04. The maximum absolute atomic E-state index is 13.1. The quantitative estimate of drug-likeness (QED) is 0.736. The van der Waals surface area contributed by atoms with Crippen LogP contribution in [0.2, 0.25) is 0 Å². The molecular formula is C23H26N2O3S. The molecule has 0 unspecified atom stereocenters. The zero-order valence-electron chi connectivity index (χ0n) is 16.5. The monoisotopic (exact) mass is 410 g/mol. The fraction of sp³-hybridized carbons (Fsp3) is 0.435. The van der Waals surface area contributed by atoms with Crippen LogP contribution < -0.4 is 9.47 Å². The first kappa shape index (κ1) is 18.7. The van der Waals surface area contributed by atoms with Crippen molar-refractivity contribution in [2.75, 3.05) is 32.2 Å². The summed E-state index contributed by atoms with van der Waals surface area (Å²) in [6.45, 7) is 3.55. The van der Waals surface area contributed by atoms with Gasteiger partial charge in [-0.15, -0.1) is 11.8 Å². The van der Waals surface area contributed by atoms with E-state index in [1.165, 1.54) is 16.0 Å². The van der Waals surface area contributed by atoms with Crippen molar-refractivity contribution in [1.29, 1.82) is 0 Å². The van der Waals surface area contributed by atoms with Gasteiger partial charge in [0.25, 0.3) is 0 Å². The Bertz CT molecular complexity index is 895. The van der Waals surface area contributed by atoms with Gasteiger partial charge in [-0.25, -0.2) is 4.79 Å². The summed E-state index contributed by atoms with van der Waals surface area (Å²) in [6.07, 6.45) is 3.14. The highest BCUT2D eigenvalue weighted by molar-refractivity contribution is 7.99. The molecule has 0 atom stereocenters. The fourth-order valence-corrected chi connectivity index (χ4v) is 5.44. The molecule has 2 amide bonds. The van der Waals surface area contributed by atoms with E-state index in [4.69, 9.17) is 9.47 Å². The minimum atomic E-state index is 0.198. The van der Waals surface area contributed by atoms with Gasteiger partial charge in [0.05, 0.1) is 0 Å². The summed E-state index contributed by atoms with van der Waals surface area (Å²) in [5, 5.41) is 0. The molecule has 0 saturated carbocycles. The van der Waals surface area contributed by atoms with Crippen LogP contribution in [0, 0.1) is 5.92 Å². The number of piperidine rings is 1. The van der Waals surface area contributed by atoms with E-state index in [2.05, 4.69) is 41.3 Å². The zero-order chi connectivity index (χ0) is 19.6. The lowest BCUT2D eigenvalue weighted by Gasteiger charge is -2.35. The Labute approximate surface area is 176 Å². The standard InChI is InChI=1S/C23H26N2O3S/c26-23(25-11-12-29-22-4-2-1-3-19(22)15-25)24-9-7-17(8-10-24)13-18-5-6-20-21(14-18)28-16-27-20/h1-6,14,17H,7-13,15-16H2. The number of hydrogen-bond donors (Lipinski definition) is 0. The topological polar surface area (TPSA) is 42.0 Å². The van der Waals surface area contributed by atoms with Crippen LogP contribution in [0.15, 0.2) is 47.4 Å². The highest BCUT2D eigenvalue weighted by Crippen LogP contribution is 2.34. The number of likely N-dealkylation sites (tertiary alicyclic amines) is 1. The minimum Gasteiger partial charge on any atom is -0.454 e. The van der Waals surface area contributed by atoms with E-state index >= 15 is 0 Å². The van der Waals surface area contributed by atoms with Crippen molar-refractivity contribution in [3.63, 3.8) is 0 Å². The third-order valence-corrected chi connectivity index (χ3v) is 7.17. The summed E-state index contributed by atoms with van der Waals surface area (Å²) in [5.74, 6) is 3.27. The van der Waals surface area contributed by atoms with E-state index in [0.717, 1.165) is 62.7 Å². The number of carbonyl (C=O) groups excluding carboxylic acids is 1.